The van der Waals surface area contributed by atoms with Crippen molar-refractivity contribution in [1.29, 1.82) is 0 Å². The van der Waals surface area contributed by atoms with E-state index in [2.05, 4.69) is 16.0 Å². The lowest BCUT2D eigenvalue weighted by Gasteiger charge is -2.29. The van der Waals surface area contributed by atoms with E-state index in [1.54, 1.807) is 0 Å². The lowest BCUT2D eigenvalue weighted by atomic mass is 10.1. The Balaban J connectivity index is 2.03. The average Bonchev–Trinajstić information content (AvgIpc) is 3.34. The van der Waals surface area contributed by atoms with Crippen LogP contribution in [0.2, 0.25) is 0 Å². The molecule has 0 aromatic rings. The highest BCUT2D eigenvalue weighted by molar-refractivity contribution is 5.94. The molecule has 2 heterocycles. The summed E-state index contributed by atoms with van der Waals surface area (Å²) >= 11 is 0. The molecule has 0 bridgehead atoms. The standard InChI is InChI=1S/C17H28N4O7/c1-9(23)13(15(25)19-11(8-22)17(27)28)20-14(24)12-5-3-7-21(12)16(26)10-4-2-6-18-10/h9-13,18,22-23H,2-8H2,1H3,(H,19,25)(H,20,24)(H,27,28). The zero-order chi connectivity index (χ0) is 20.8. The molecule has 0 aliphatic carbocycles. The van der Waals surface area contributed by atoms with Gasteiger partial charge in [-0.3, -0.25) is 14.4 Å². The number of carbonyl (C=O) groups is 4. The summed E-state index contributed by atoms with van der Waals surface area (Å²) in [4.78, 5) is 50.1. The Kier molecular flexibility index (Phi) is 7.72. The predicted octanol–water partition coefficient (Wildman–Crippen LogP) is -2.84. The molecule has 11 nitrogen and oxygen atoms in total. The molecular weight excluding hydrogens is 372 g/mol. The summed E-state index contributed by atoms with van der Waals surface area (Å²) in [6.45, 7) is 1.63. The summed E-state index contributed by atoms with van der Waals surface area (Å²) in [5.41, 5.74) is 0. The van der Waals surface area contributed by atoms with Crippen molar-refractivity contribution in [1.82, 2.24) is 20.9 Å². The van der Waals surface area contributed by atoms with E-state index in [4.69, 9.17) is 10.2 Å². The summed E-state index contributed by atoms with van der Waals surface area (Å²) in [6.07, 6.45) is 1.38. The number of aliphatic hydroxyl groups excluding tert-OH is 2. The largest absolute Gasteiger partial charge is 0.480 e. The summed E-state index contributed by atoms with van der Waals surface area (Å²) in [7, 11) is 0. The van der Waals surface area contributed by atoms with Gasteiger partial charge >= 0.3 is 5.97 Å². The summed E-state index contributed by atoms with van der Waals surface area (Å²) < 4.78 is 0. The molecule has 2 aliphatic heterocycles. The highest BCUT2D eigenvalue weighted by Gasteiger charge is 2.39. The fourth-order valence-corrected chi connectivity index (χ4v) is 3.50. The van der Waals surface area contributed by atoms with Gasteiger partial charge in [-0.15, -0.1) is 0 Å². The Morgan fingerprint density at radius 3 is 2.43 bits per heavy atom. The van der Waals surface area contributed by atoms with Crippen molar-refractivity contribution in [3.63, 3.8) is 0 Å². The van der Waals surface area contributed by atoms with Gasteiger partial charge < -0.3 is 36.2 Å². The van der Waals surface area contributed by atoms with Crippen molar-refractivity contribution in [3.8, 4) is 0 Å². The molecule has 11 heteroatoms. The molecule has 5 unspecified atom stereocenters. The number of aliphatic carboxylic acids is 1. The van der Waals surface area contributed by atoms with Gasteiger partial charge in [-0.2, -0.15) is 0 Å². The summed E-state index contributed by atoms with van der Waals surface area (Å²) in [5.74, 6) is -3.11. The third-order valence-electron chi connectivity index (χ3n) is 5.06. The van der Waals surface area contributed by atoms with Crippen LogP contribution in [0.4, 0.5) is 0 Å². The van der Waals surface area contributed by atoms with E-state index in [9.17, 15) is 24.3 Å². The monoisotopic (exact) mass is 400 g/mol. The SMILES string of the molecule is CC(O)C(NC(=O)C1CCCN1C(=O)C1CCCN1)C(=O)NC(CO)C(=O)O. The van der Waals surface area contributed by atoms with E-state index in [-0.39, 0.29) is 11.9 Å². The van der Waals surface area contributed by atoms with Crippen LogP contribution in [0, 0.1) is 0 Å². The summed E-state index contributed by atoms with van der Waals surface area (Å²) in [5, 5.41) is 35.4. The molecule has 0 saturated carbocycles. The highest BCUT2D eigenvalue weighted by atomic mass is 16.4. The Labute approximate surface area is 162 Å². The number of hydrogen-bond donors (Lipinski definition) is 6. The molecule has 0 spiro atoms. The molecule has 2 rings (SSSR count). The minimum atomic E-state index is -1.55. The van der Waals surface area contributed by atoms with Crippen LogP contribution < -0.4 is 16.0 Å². The van der Waals surface area contributed by atoms with Gasteiger partial charge in [0.15, 0.2) is 0 Å². The van der Waals surface area contributed by atoms with E-state index in [1.165, 1.54) is 11.8 Å². The maximum absolute atomic E-state index is 12.7. The predicted molar refractivity (Wildman–Crippen MR) is 96.0 cm³/mol. The first-order valence-corrected chi connectivity index (χ1v) is 9.42. The van der Waals surface area contributed by atoms with Gasteiger partial charge in [-0.05, 0) is 39.2 Å². The summed E-state index contributed by atoms with van der Waals surface area (Å²) in [6, 6.07) is -4.03. The second-order valence-electron chi connectivity index (χ2n) is 7.15. The fourth-order valence-electron chi connectivity index (χ4n) is 3.50. The minimum Gasteiger partial charge on any atom is -0.480 e. The van der Waals surface area contributed by atoms with E-state index in [1.807, 2.05) is 0 Å². The first-order chi connectivity index (χ1) is 13.3. The second-order valence-corrected chi connectivity index (χ2v) is 7.15. The van der Waals surface area contributed by atoms with Crippen LogP contribution in [0.15, 0.2) is 0 Å². The molecule has 2 saturated heterocycles. The van der Waals surface area contributed by atoms with E-state index >= 15 is 0 Å². The van der Waals surface area contributed by atoms with Crippen molar-refractivity contribution in [2.45, 2.75) is 62.9 Å². The molecule has 2 aliphatic rings. The molecule has 5 atom stereocenters. The van der Waals surface area contributed by atoms with Gasteiger partial charge in [0.25, 0.3) is 0 Å². The third kappa shape index (κ3) is 5.18. The zero-order valence-electron chi connectivity index (χ0n) is 15.8. The van der Waals surface area contributed by atoms with E-state index < -0.39 is 48.6 Å². The van der Waals surface area contributed by atoms with Gasteiger partial charge in [0, 0.05) is 6.54 Å². The van der Waals surface area contributed by atoms with Crippen LogP contribution >= 0.6 is 0 Å². The topological polar surface area (TPSA) is 168 Å². The van der Waals surface area contributed by atoms with Crippen molar-refractivity contribution in [2.24, 2.45) is 0 Å². The Bertz CT molecular complexity index is 606. The van der Waals surface area contributed by atoms with E-state index in [0.29, 0.717) is 25.8 Å². The molecule has 0 aromatic heterocycles. The maximum Gasteiger partial charge on any atom is 0.328 e. The minimum absolute atomic E-state index is 0.153. The zero-order valence-corrected chi connectivity index (χ0v) is 15.8. The fraction of sp³-hybridized carbons (Fsp3) is 0.765. The third-order valence-corrected chi connectivity index (χ3v) is 5.06. The second kappa shape index (κ2) is 9.80. The number of rotatable bonds is 8. The van der Waals surface area contributed by atoms with Crippen molar-refractivity contribution >= 4 is 23.7 Å². The van der Waals surface area contributed by atoms with Crippen molar-refractivity contribution < 1.29 is 34.5 Å². The normalized spacial score (nSPS) is 25.0. The first kappa shape index (κ1) is 22.1. The van der Waals surface area contributed by atoms with Gasteiger partial charge in [0.05, 0.1) is 18.8 Å². The van der Waals surface area contributed by atoms with Crippen LogP contribution in [0.25, 0.3) is 0 Å². The number of hydrogen-bond acceptors (Lipinski definition) is 7. The van der Waals surface area contributed by atoms with Crippen LogP contribution in [0.1, 0.15) is 32.6 Å². The van der Waals surface area contributed by atoms with Crippen LogP contribution in [-0.2, 0) is 19.2 Å². The quantitative estimate of drug-likeness (QED) is 0.253. The van der Waals surface area contributed by atoms with Gasteiger partial charge in [-0.25, -0.2) is 4.79 Å². The Morgan fingerprint density at radius 2 is 1.89 bits per heavy atom. The highest BCUT2D eigenvalue weighted by Crippen LogP contribution is 2.21. The molecule has 3 amide bonds. The molecule has 28 heavy (non-hydrogen) atoms. The number of nitrogens with one attached hydrogen (secondary N) is 3. The average molecular weight is 400 g/mol. The molecule has 0 aromatic carbocycles. The maximum atomic E-state index is 12.7. The van der Waals surface area contributed by atoms with Crippen LogP contribution in [0.3, 0.4) is 0 Å². The van der Waals surface area contributed by atoms with E-state index in [0.717, 1.165) is 13.0 Å². The smallest absolute Gasteiger partial charge is 0.328 e. The molecule has 0 radical (unpaired) electrons. The Morgan fingerprint density at radius 1 is 1.18 bits per heavy atom. The van der Waals surface area contributed by atoms with Gasteiger partial charge in [0.1, 0.15) is 18.1 Å². The Hall–Kier alpha value is -2.24. The lowest BCUT2D eigenvalue weighted by molar-refractivity contribution is -0.145. The number of carboxylic acid groups (broad SMARTS) is 1. The number of amides is 3. The van der Waals surface area contributed by atoms with Crippen LogP contribution in [0.5, 0.6) is 0 Å². The number of carboxylic acids is 1. The number of carbonyl (C=O) groups excluding carboxylic acids is 3. The van der Waals surface area contributed by atoms with Gasteiger partial charge in [0.2, 0.25) is 17.7 Å². The molecule has 158 valence electrons. The first-order valence-electron chi connectivity index (χ1n) is 9.42. The van der Waals surface area contributed by atoms with Gasteiger partial charge in [-0.1, -0.05) is 0 Å². The number of nitrogens with zero attached hydrogens (tertiary/aromatic N) is 1. The number of likely N-dealkylation sites (tertiary alicyclic amines) is 1. The molecule has 6 N–H and O–H groups in total. The number of aliphatic hydroxyl groups is 2. The molecule has 2 fully saturated rings. The van der Waals surface area contributed by atoms with Crippen molar-refractivity contribution in [2.75, 3.05) is 19.7 Å². The van der Waals surface area contributed by atoms with Crippen LogP contribution in [-0.4, -0.2) is 93.9 Å². The van der Waals surface area contributed by atoms with Crippen molar-refractivity contribution in [3.05, 3.63) is 0 Å². The lowest BCUT2D eigenvalue weighted by Crippen LogP contribution is -2.59. The molecular formula is C17H28N4O7.